The third-order valence-corrected chi connectivity index (χ3v) is 4.63. The highest BCUT2D eigenvalue weighted by atomic mass is 16.5. The number of anilines is 1. The molecule has 2 heterocycles. The lowest BCUT2D eigenvalue weighted by Crippen LogP contribution is -1.95. The number of oxazole rings is 1. The highest BCUT2D eigenvalue weighted by molar-refractivity contribution is 5.89. The van der Waals surface area contributed by atoms with Gasteiger partial charge < -0.3 is 13.9 Å². The average molecular weight is 428 g/mol. The smallest absolute Gasteiger partial charge is 0.252 e. The van der Waals surface area contributed by atoms with E-state index in [0.29, 0.717) is 23.1 Å². The van der Waals surface area contributed by atoms with Gasteiger partial charge in [-0.25, -0.2) is 15.1 Å². The maximum atomic E-state index is 9.16. The van der Waals surface area contributed by atoms with Crippen molar-refractivity contribution < 1.29 is 13.9 Å². The van der Waals surface area contributed by atoms with Crippen LogP contribution in [0.3, 0.4) is 0 Å². The van der Waals surface area contributed by atoms with Gasteiger partial charge in [0, 0.05) is 24.2 Å². The first-order valence-corrected chi connectivity index (χ1v) is 9.67. The Labute approximate surface area is 184 Å². The molecular weight excluding hydrogens is 408 g/mol. The molecule has 0 saturated carbocycles. The molecule has 2 aromatic carbocycles. The Kier molecular flexibility index (Phi) is 5.85. The molecule has 2 aromatic heterocycles. The van der Waals surface area contributed by atoms with E-state index in [1.54, 1.807) is 32.0 Å². The van der Waals surface area contributed by atoms with Crippen molar-refractivity contribution in [2.45, 2.75) is 6.92 Å². The third-order valence-electron chi connectivity index (χ3n) is 4.63. The molecule has 32 heavy (non-hydrogen) atoms. The number of nitriles is 1. The highest BCUT2D eigenvalue weighted by Crippen LogP contribution is 2.33. The van der Waals surface area contributed by atoms with E-state index in [-0.39, 0.29) is 11.6 Å². The van der Waals surface area contributed by atoms with Crippen LogP contribution >= 0.6 is 0 Å². The molecule has 4 aromatic rings. The fraction of sp³-hybridized carbons (Fsp3) is 0.130. The molecule has 9 nitrogen and oxygen atoms in total. The monoisotopic (exact) mass is 428 g/mol. The summed E-state index contributed by atoms with van der Waals surface area (Å²) >= 11 is 0. The summed E-state index contributed by atoms with van der Waals surface area (Å²) in [5, 5.41) is 18.2. The number of methoxy groups -OCH3 is 2. The fourth-order valence-corrected chi connectivity index (χ4v) is 3.14. The molecule has 0 unspecified atom stereocenters. The van der Waals surface area contributed by atoms with Crippen molar-refractivity contribution in [3.05, 3.63) is 71.9 Å². The lowest BCUT2D eigenvalue weighted by Gasteiger charge is -2.09. The molecule has 0 atom stereocenters. The number of hydrogen-bond donors (Lipinski definition) is 1. The van der Waals surface area contributed by atoms with Gasteiger partial charge in [0.25, 0.3) is 5.88 Å². The minimum atomic E-state index is 0.139. The molecule has 9 heteroatoms. The van der Waals surface area contributed by atoms with Gasteiger partial charge in [-0.05, 0) is 30.3 Å². The first-order valence-electron chi connectivity index (χ1n) is 9.67. The van der Waals surface area contributed by atoms with Gasteiger partial charge in [-0.2, -0.15) is 15.5 Å². The predicted octanol–water partition coefficient (Wildman–Crippen LogP) is 4.17. The van der Waals surface area contributed by atoms with Crippen LogP contribution in [0.4, 0.5) is 5.88 Å². The van der Waals surface area contributed by atoms with Crippen molar-refractivity contribution in [3.63, 3.8) is 0 Å². The van der Waals surface area contributed by atoms with E-state index in [0.717, 1.165) is 16.8 Å². The van der Waals surface area contributed by atoms with E-state index in [9.17, 15) is 0 Å². The van der Waals surface area contributed by atoms with E-state index < -0.39 is 0 Å². The number of nitrogens with zero attached hydrogens (tertiary/aromatic N) is 5. The Morgan fingerprint density at radius 2 is 1.91 bits per heavy atom. The minimum Gasteiger partial charge on any atom is -0.493 e. The SMILES string of the molecule is COc1ccc(-c2nn(-c3ccccc3)cc2C=NNc2oc(C)nc2C#N)cc1OC. The molecule has 0 amide bonds. The summed E-state index contributed by atoms with van der Waals surface area (Å²) in [6.07, 6.45) is 3.47. The van der Waals surface area contributed by atoms with Crippen molar-refractivity contribution in [1.29, 1.82) is 5.26 Å². The van der Waals surface area contributed by atoms with Gasteiger partial charge >= 0.3 is 0 Å². The lowest BCUT2D eigenvalue weighted by atomic mass is 10.1. The molecule has 0 fully saturated rings. The van der Waals surface area contributed by atoms with Crippen molar-refractivity contribution >= 4 is 12.1 Å². The number of nitrogens with one attached hydrogen (secondary N) is 1. The molecule has 0 radical (unpaired) electrons. The number of hydrogen-bond acceptors (Lipinski definition) is 8. The number of benzene rings is 2. The third kappa shape index (κ3) is 4.15. The van der Waals surface area contributed by atoms with Crippen molar-refractivity contribution in [2.75, 3.05) is 19.6 Å². The van der Waals surface area contributed by atoms with Crippen LogP contribution in [0.1, 0.15) is 17.1 Å². The van der Waals surface area contributed by atoms with Crippen molar-refractivity contribution in [3.8, 4) is 34.5 Å². The summed E-state index contributed by atoms with van der Waals surface area (Å²) in [6, 6.07) is 17.3. The Balaban J connectivity index is 1.73. The Morgan fingerprint density at radius 3 is 2.62 bits per heavy atom. The standard InChI is InChI=1S/C23H20N6O3/c1-15-26-19(12-24)23(32-15)27-25-13-17-14-29(18-7-5-4-6-8-18)28-22(17)16-9-10-20(30-2)21(11-16)31-3/h4-11,13-14,27H,1-3H3. The van der Waals surface area contributed by atoms with Gasteiger partial charge in [0.1, 0.15) is 11.8 Å². The van der Waals surface area contributed by atoms with E-state index in [4.69, 9.17) is 24.3 Å². The van der Waals surface area contributed by atoms with Crippen molar-refractivity contribution in [2.24, 2.45) is 5.10 Å². The first kappa shape index (κ1) is 20.7. The molecule has 4 rings (SSSR count). The largest absolute Gasteiger partial charge is 0.493 e. The molecular formula is C23H20N6O3. The van der Waals surface area contributed by atoms with E-state index in [2.05, 4.69) is 15.5 Å². The van der Waals surface area contributed by atoms with Gasteiger partial charge in [0.2, 0.25) is 5.69 Å². The summed E-state index contributed by atoms with van der Waals surface area (Å²) in [5.74, 6) is 1.78. The zero-order chi connectivity index (χ0) is 22.5. The Bertz CT molecular complexity index is 1300. The van der Waals surface area contributed by atoms with Crippen LogP contribution in [0.5, 0.6) is 11.5 Å². The number of hydrazone groups is 1. The molecule has 160 valence electrons. The minimum absolute atomic E-state index is 0.139. The van der Waals surface area contributed by atoms with Gasteiger partial charge in [-0.15, -0.1) is 0 Å². The van der Waals surface area contributed by atoms with E-state index in [1.807, 2.05) is 60.8 Å². The maximum Gasteiger partial charge on any atom is 0.252 e. The summed E-state index contributed by atoms with van der Waals surface area (Å²) in [5.41, 5.74) is 6.03. The number of aryl methyl sites for hydroxylation is 1. The van der Waals surface area contributed by atoms with Gasteiger partial charge in [-0.1, -0.05) is 18.2 Å². The van der Waals surface area contributed by atoms with Crippen LogP contribution in [0.25, 0.3) is 16.9 Å². The second kappa shape index (κ2) is 9.06. The molecule has 0 spiro atoms. The summed E-state index contributed by atoms with van der Waals surface area (Å²) in [6.45, 7) is 1.66. The predicted molar refractivity (Wildman–Crippen MR) is 119 cm³/mol. The second-order valence-electron chi connectivity index (χ2n) is 6.68. The average Bonchev–Trinajstić information content (AvgIpc) is 3.42. The van der Waals surface area contributed by atoms with Gasteiger partial charge in [0.15, 0.2) is 17.4 Å². The first-order chi connectivity index (χ1) is 15.6. The number of ether oxygens (including phenoxy) is 2. The van der Waals surface area contributed by atoms with Crippen LogP contribution in [0.2, 0.25) is 0 Å². The fourth-order valence-electron chi connectivity index (χ4n) is 3.14. The number of rotatable bonds is 7. The lowest BCUT2D eigenvalue weighted by molar-refractivity contribution is 0.355. The Morgan fingerprint density at radius 1 is 1.12 bits per heavy atom. The summed E-state index contributed by atoms with van der Waals surface area (Å²) in [4.78, 5) is 3.99. The van der Waals surface area contributed by atoms with Crippen LogP contribution in [0, 0.1) is 18.3 Å². The molecule has 0 aliphatic rings. The van der Waals surface area contributed by atoms with E-state index >= 15 is 0 Å². The quantitative estimate of drug-likeness (QED) is 0.347. The Hall–Kier alpha value is -4.58. The van der Waals surface area contributed by atoms with Crippen LogP contribution in [-0.2, 0) is 0 Å². The summed E-state index contributed by atoms with van der Waals surface area (Å²) < 4.78 is 17.9. The topological polar surface area (TPSA) is 110 Å². The molecule has 0 bridgehead atoms. The number of aromatic nitrogens is 3. The van der Waals surface area contributed by atoms with E-state index in [1.165, 1.54) is 0 Å². The molecule has 1 N–H and O–H groups in total. The zero-order valence-corrected chi connectivity index (χ0v) is 17.7. The molecule has 0 saturated heterocycles. The number of para-hydroxylation sites is 1. The highest BCUT2D eigenvalue weighted by Gasteiger charge is 2.15. The van der Waals surface area contributed by atoms with Gasteiger partial charge in [-0.3, -0.25) is 0 Å². The summed E-state index contributed by atoms with van der Waals surface area (Å²) in [7, 11) is 3.18. The van der Waals surface area contributed by atoms with Crippen LogP contribution < -0.4 is 14.9 Å². The van der Waals surface area contributed by atoms with Crippen molar-refractivity contribution in [1.82, 2.24) is 14.8 Å². The molecule has 0 aliphatic carbocycles. The van der Waals surface area contributed by atoms with Crippen LogP contribution in [0.15, 0.2) is 64.2 Å². The zero-order valence-electron chi connectivity index (χ0n) is 17.7. The van der Waals surface area contributed by atoms with Gasteiger partial charge in [0.05, 0.1) is 26.1 Å². The molecule has 0 aliphatic heterocycles. The second-order valence-corrected chi connectivity index (χ2v) is 6.68. The maximum absolute atomic E-state index is 9.16. The normalized spacial score (nSPS) is 10.8. The van der Waals surface area contributed by atoms with Crippen LogP contribution in [-0.4, -0.2) is 35.2 Å².